The fraction of sp³-hybridized carbons (Fsp3) is 0.750. The van der Waals surface area contributed by atoms with Crippen molar-refractivity contribution in [3.8, 4) is 0 Å². The predicted octanol–water partition coefficient (Wildman–Crippen LogP) is 1.49. The lowest BCUT2D eigenvalue weighted by atomic mass is 10.3. The van der Waals surface area contributed by atoms with Crippen LogP contribution >= 0.6 is 15.9 Å². The molecule has 0 heterocycles. The van der Waals surface area contributed by atoms with Crippen molar-refractivity contribution in [1.82, 2.24) is 0 Å². The molecular weight excluding hydrogens is 198 g/mol. The lowest BCUT2D eigenvalue weighted by Crippen LogP contribution is -2.26. The number of hydrogen-bond donors (Lipinski definition) is 1. The first kappa shape index (κ1) is 8.81. The Hall–Kier alpha value is -0.190. The van der Waals surface area contributed by atoms with E-state index in [2.05, 4.69) is 15.9 Å². The molecule has 0 aliphatic rings. The van der Waals surface area contributed by atoms with Crippen molar-refractivity contribution < 1.29 is 18.7 Å². The molecule has 5 heteroatoms. The average Bonchev–Trinajstić information content (AvgIpc) is 1.65. The van der Waals surface area contributed by atoms with Gasteiger partial charge in [-0.1, -0.05) is 0 Å². The zero-order chi connectivity index (χ0) is 7.49. The molecule has 0 aliphatic carbocycles. The Morgan fingerprint density at radius 1 is 1.78 bits per heavy atom. The van der Waals surface area contributed by atoms with E-state index in [9.17, 15) is 13.6 Å². The lowest BCUT2D eigenvalue weighted by Gasteiger charge is -2.08. The molecule has 0 fully saturated rings. The second-order valence-corrected chi connectivity index (χ2v) is 2.71. The Balaban J connectivity index is 3.85. The standard InChI is InChI=1S/C4H5BrF2O2/c5-4(7,1-2-6)3(8)9/h1-2H2,(H,8,9)/t4-/m1/s1. The SMILES string of the molecule is O=C(O)[C@@](F)(Br)CCF. The third-order valence-corrected chi connectivity index (χ3v) is 1.46. The molecule has 0 saturated heterocycles. The number of halogens is 3. The minimum atomic E-state index is -2.60. The van der Waals surface area contributed by atoms with Gasteiger partial charge >= 0.3 is 5.97 Å². The molecule has 0 bridgehead atoms. The highest BCUT2D eigenvalue weighted by Crippen LogP contribution is 2.24. The van der Waals surface area contributed by atoms with Crippen LogP contribution in [-0.4, -0.2) is 22.3 Å². The van der Waals surface area contributed by atoms with Gasteiger partial charge in [-0.15, -0.1) is 0 Å². The Bertz CT molecular complexity index is 115. The molecule has 2 nitrogen and oxygen atoms in total. The Kier molecular flexibility index (Phi) is 3.03. The topological polar surface area (TPSA) is 37.3 Å². The van der Waals surface area contributed by atoms with E-state index in [1.54, 1.807) is 0 Å². The molecule has 9 heavy (non-hydrogen) atoms. The smallest absolute Gasteiger partial charge is 0.352 e. The Morgan fingerprint density at radius 3 is 2.33 bits per heavy atom. The Labute approximate surface area is 59.0 Å². The van der Waals surface area contributed by atoms with E-state index in [1.165, 1.54) is 0 Å². The van der Waals surface area contributed by atoms with Crippen molar-refractivity contribution >= 4 is 21.9 Å². The van der Waals surface area contributed by atoms with E-state index >= 15 is 0 Å². The number of aliphatic carboxylic acids is 1. The number of carboxylic acids is 1. The van der Waals surface area contributed by atoms with Gasteiger partial charge in [0, 0.05) is 6.42 Å². The largest absolute Gasteiger partial charge is 0.478 e. The fourth-order valence-corrected chi connectivity index (χ4v) is 0.375. The maximum Gasteiger partial charge on any atom is 0.352 e. The highest BCUT2D eigenvalue weighted by atomic mass is 79.9. The summed E-state index contributed by atoms with van der Waals surface area (Å²) in [5, 5.41) is 7.98. The lowest BCUT2D eigenvalue weighted by molar-refractivity contribution is -0.144. The number of rotatable bonds is 3. The van der Waals surface area contributed by atoms with Gasteiger partial charge in [0.15, 0.2) is 0 Å². The van der Waals surface area contributed by atoms with E-state index in [1.807, 2.05) is 0 Å². The summed E-state index contributed by atoms with van der Waals surface area (Å²) in [5.74, 6) is -1.69. The number of carbonyl (C=O) groups is 1. The molecule has 0 radical (unpaired) electrons. The fourth-order valence-electron chi connectivity index (χ4n) is 0.226. The normalized spacial score (nSPS) is 16.8. The highest BCUT2D eigenvalue weighted by Gasteiger charge is 2.34. The summed E-state index contributed by atoms with van der Waals surface area (Å²) >= 11 is 2.20. The molecule has 0 unspecified atom stereocenters. The van der Waals surface area contributed by atoms with Gasteiger partial charge in [0.25, 0.3) is 4.58 Å². The van der Waals surface area contributed by atoms with Crippen molar-refractivity contribution in [3.63, 3.8) is 0 Å². The maximum absolute atomic E-state index is 12.3. The quantitative estimate of drug-likeness (QED) is 0.705. The molecule has 54 valence electrons. The molecule has 0 aromatic carbocycles. The summed E-state index contributed by atoms with van der Waals surface area (Å²) < 4.78 is 21.0. The van der Waals surface area contributed by atoms with Crippen molar-refractivity contribution in [2.45, 2.75) is 11.0 Å². The van der Waals surface area contributed by atoms with Crippen LogP contribution in [0.3, 0.4) is 0 Å². The van der Waals surface area contributed by atoms with Crippen LogP contribution in [0.5, 0.6) is 0 Å². The third-order valence-electron chi connectivity index (χ3n) is 0.721. The summed E-state index contributed by atoms with van der Waals surface area (Å²) in [6.07, 6.45) is -0.664. The van der Waals surface area contributed by atoms with Gasteiger partial charge in [0.1, 0.15) is 0 Å². The van der Waals surface area contributed by atoms with E-state index in [0.29, 0.717) is 0 Å². The van der Waals surface area contributed by atoms with Crippen molar-refractivity contribution in [3.05, 3.63) is 0 Å². The van der Waals surface area contributed by atoms with Crippen molar-refractivity contribution in [1.29, 1.82) is 0 Å². The van der Waals surface area contributed by atoms with E-state index in [-0.39, 0.29) is 0 Å². The summed E-state index contributed by atoms with van der Waals surface area (Å²) in [5.41, 5.74) is 0. The molecule has 0 saturated carbocycles. The van der Waals surface area contributed by atoms with Gasteiger partial charge in [0.2, 0.25) is 0 Å². The molecule has 0 aromatic heterocycles. The minimum absolute atomic E-state index is 0.664. The van der Waals surface area contributed by atoms with Gasteiger partial charge in [0.05, 0.1) is 6.67 Å². The molecule has 1 atom stereocenters. The molecule has 0 spiro atoms. The predicted molar refractivity (Wildman–Crippen MR) is 31.0 cm³/mol. The minimum Gasteiger partial charge on any atom is -0.478 e. The molecule has 1 N–H and O–H groups in total. The van der Waals surface area contributed by atoms with Gasteiger partial charge in [-0.3, -0.25) is 4.39 Å². The van der Waals surface area contributed by atoms with Crippen LogP contribution in [0.25, 0.3) is 0 Å². The van der Waals surface area contributed by atoms with Crippen LogP contribution in [0.2, 0.25) is 0 Å². The Morgan fingerprint density at radius 2 is 2.22 bits per heavy atom. The second kappa shape index (κ2) is 3.10. The van der Waals surface area contributed by atoms with E-state index in [4.69, 9.17) is 5.11 Å². The zero-order valence-corrected chi connectivity index (χ0v) is 5.99. The first-order valence-electron chi connectivity index (χ1n) is 2.18. The molecule has 0 aromatic rings. The zero-order valence-electron chi connectivity index (χ0n) is 4.40. The van der Waals surface area contributed by atoms with E-state index in [0.717, 1.165) is 0 Å². The van der Waals surface area contributed by atoms with Gasteiger partial charge in [-0.25, -0.2) is 9.18 Å². The van der Waals surface area contributed by atoms with E-state index < -0.39 is 23.6 Å². The van der Waals surface area contributed by atoms with Crippen LogP contribution < -0.4 is 0 Å². The maximum atomic E-state index is 12.3. The molecule has 0 amide bonds. The van der Waals surface area contributed by atoms with Crippen LogP contribution in [0.15, 0.2) is 0 Å². The molecular formula is C4H5BrF2O2. The van der Waals surface area contributed by atoms with Crippen molar-refractivity contribution in [2.75, 3.05) is 6.67 Å². The van der Waals surface area contributed by atoms with Crippen LogP contribution in [0.1, 0.15) is 6.42 Å². The highest BCUT2D eigenvalue weighted by molar-refractivity contribution is 9.10. The molecule has 0 aliphatic heterocycles. The van der Waals surface area contributed by atoms with Crippen LogP contribution in [0, 0.1) is 0 Å². The monoisotopic (exact) mass is 202 g/mol. The van der Waals surface area contributed by atoms with Crippen LogP contribution in [0.4, 0.5) is 8.78 Å². The van der Waals surface area contributed by atoms with Crippen molar-refractivity contribution in [2.24, 2.45) is 0 Å². The number of alkyl halides is 3. The summed E-state index contributed by atoms with van der Waals surface area (Å²) in [4.78, 5) is 9.82. The summed E-state index contributed by atoms with van der Waals surface area (Å²) in [6, 6.07) is 0. The first-order valence-corrected chi connectivity index (χ1v) is 2.97. The molecule has 0 rings (SSSR count). The summed E-state index contributed by atoms with van der Waals surface area (Å²) in [6.45, 7) is -0.992. The third kappa shape index (κ3) is 2.74. The second-order valence-electron chi connectivity index (χ2n) is 1.45. The van der Waals surface area contributed by atoms with Crippen LogP contribution in [-0.2, 0) is 4.79 Å². The van der Waals surface area contributed by atoms with Gasteiger partial charge in [-0.05, 0) is 15.9 Å². The summed E-state index contributed by atoms with van der Waals surface area (Å²) in [7, 11) is 0. The average molecular weight is 203 g/mol. The first-order chi connectivity index (χ1) is 4.00. The van der Waals surface area contributed by atoms with Gasteiger partial charge < -0.3 is 5.11 Å². The number of hydrogen-bond acceptors (Lipinski definition) is 1. The van der Waals surface area contributed by atoms with Gasteiger partial charge in [-0.2, -0.15) is 0 Å². The number of carboxylic acid groups (broad SMARTS) is 1.